The molecule has 1 aromatic carbocycles. The molecule has 0 saturated carbocycles. The van der Waals surface area contributed by atoms with Gasteiger partial charge in [-0.05, 0) is 24.6 Å². The molecule has 5 heteroatoms. The van der Waals surface area contributed by atoms with E-state index in [1.807, 2.05) is 6.92 Å². The number of sulfone groups is 1. The second kappa shape index (κ2) is 4.61. The number of halogens is 1. The fourth-order valence-electron chi connectivity index (χ4n) is 1.25. The van der Waals surface area contributed by atoms with Gasteiger partial charge in [-0.3, -0.25) is 0 Å². The third-order valence-corrected chi connectivity index (χ3v) is 3.94. The fraction of sp³-hybridized carbons (Fsp3) is 0.400. The third-order valence-electron chi connectivity index (χ3n) is 2.07. The van der Waals surface area contributed by atoms with Gasteiger partial charge in [0.1, 0.15) is 5.82 Å². The van der Waals surface area contributed by atoms with Crippen LogP contribution in [0.5, 0.6) is 0 Å². The van der Waals surface area contributed by atoms with E-state index in [4.69, 9.17) is 5.73 Å². The highest BCUT2D eigenvalue weighted by molar-refractivity contribution is 7.91. The number of hydrogen-bond acceptors (Lipinski definition) is 3. The van der Waals surface area contributed by atoms with Crippen molar-refractivity contribution in [1.82, 2.24) is 0 Å². The summed E-state index contributed by atoms with van der Waals surface area (Å²) in [5.41, 5.74) is 5.44. The van der Waals surface area contributed by atoms with E-state index in [0.717, 1.165) is 18.6 Å². The predicted octanol–water partition coefficient (Wildman–Crippen LogP) is 1.98. The summed E-state index contributed by atoms with van der Waals surface area (Å²) in [5.74, 6) is -0.471. The maximum Gasteiger partial charge on any atom is 0.180 e. The normalized spacial score (nSPS) is 11.6. The molecule has 3 nitrogen and oxygen atoms in total. The van der Waals surface area contributed by atoms with Gasteiger partial charge >= 0.3 is 0 Å². The van der Waals surface area contributed by atoms with Crippen molar-refractivity contribution in [3.8, 4) is 0 Å². The lowest BCUT2D eigenvalue weighted by Gasteiger charge is -2.06. The molecule has 1 aromatic rings. The van der Waals surface area contributed by atoms with E-state index < -0.39 is 15.7 Å². The van der Waals surface area contributed by atoms with Gasteiger partial charge in [-0.1, -0.05) is 13.3 Å². The van der Waals surface area contributed by atoms with Gasteiger partial charge < -0.3 is 5.73 Å². The lowest BCUT2D eigenvalue weighted by molar-refractivity contribution is 0.592. The molecule has 0 unspecified atom stereocenters. The molecule has 0 aliphatic carbocycles. The van der Waals surface area contributed by atoms with Gasteiger partial charge in [0.25, 0.3) is 0 Å². The zero-order chi connectivity index (χ0) is 11.5. The van der Waals surface area contributed by atoms with Gasteiger partial charge in [0, 0.05) is 0 Å². The van der Waals surface area contributed by atoms with Gasteiger partial charge in [0.05, 0.1) is 16.3 Å². The maximum absolute atomic E-state index is 12.7. The Morgan fingerprint density at radius 1 is 1.40 bits per heavy atom. The molecule has 0 atom stereocenters. The van der Waals surface area contributed by atoms with Crippen LogP contribution < -0.4 is 5.73 Å². The van der Waals surface area contributed by atoms with E-state index in [0.29, 0.717) is 6.42 Å². The monoisotopic (exact) mass is 231 g/mol. The van der Waals surface area contributed by atoms with Crippen LogP contribution in [0.2, 0.25) is 0 Å². The molecular weight excluding hydrogens is 217 g/mol. The van der Waals surface area contributed by atoms with Crippen molar-refractivity contribution in [2.75, 3.05) is 11.5 Å². The molecule has 0 aromatic heterocycles. The fourth-order valence-corrected chi connectivity index (χ4v) is 2.83. The summed E-state index contributed by atoms with van der Waals surface area (Å²) in [6, 6.07) is 3.35. The van der Waals surface area contributed by atoms with Crippen LogP contribution in [0.1, 0.15) is 19.8 Å². The molecule has 2 N–H and O–H groups in total. The summed E-state index contributed by atoms with van der Waals surface area (Å²) >= 11 is 0. The molecule has 0 radical (unpaired) electrons. The topological polar surface area (TPSA) is 60.2 Å². The first-order valence-corrected chi connectivity index (χ1v) is 6.40. The van der Waals surface area contributed by atoms with Crippen LogP contribution in [0.4, 0.5) is 10.1 Å². The number of unbranched alkanes of at least 4 members (excludes halogenated alkanes) is 1. The van der Waals surface area contributed by atoms with Crippen molar-refractivity contribution in [2.45, 2.75) is 24.7 Å². The van der Waals surface area contributed by atoms with Crippen LogP contribution in [0.25, 0.3) is 0 Å². The molecule has 0 aliphatic heterocycles. The van der Waals surface area contributed by atoms with Crippen molar-refractivity contribution in [1.29, 1.82) is 0 Å². The molecule has 0 saturated heterocycles. The molecule has 0 spiro atoms. The Bertz CT molecular complexity index is 443. The van der Waals surface area contributed by atoms with Gasteiger partial charge in [-0.25, -0.2) is 12.8 Å². The lowest BCUT2D eigenvalue weighted by atomic mass is 10.3. The Morgan fingerprint density at radius 2 is 2.07 bits per heavy atom. The number of hydrogen-bond donors (Lipinski definition) is 1. The minimum Gasteiger partial charge on any atom is -0.398 e. The Balaban J connectivity index is 3.05. The average Bonchev–Trinajstić information content (AvgIpc) is 2.14. The first kappa shape index (κ1) is 12.0. The number of nitrogens with two attached hydrogens (primary N) is 1. The number of rotatable bonds is 4. The zero-order valence-electron chi connectivity index (χ0n) is 8.53. The summed E-state index contributed by atoms with van der Waals surface area (Å²) in [6.45, 7) is 1.91. The van der Waals surface area contributed by atoms with E-state index >= 15 is 0 Å². The van der Waals surface area contributed by atoms with Crippen LogP contribution in [-0.4, -0.2) is 14.2 Å². The highest BCUT2D eigenvalue weighted by atomic mass is 32.2. The van der Waals surface area contributed by atoms with Crippen LogP contribution >= 0.6 is 0 Å². The molecule has 84 valence electrons. The highest BCUT2D eigenvalue weighted by Crippen LogP contribution is 2.21. The summed E-state index contributed by atoms with van der Waals surface area (Å²) in [4.78, 5) is 0.0253. The number of benzene rings is 1. The Hall–Kier alpha value is -1.10. The van der Waals surface area contributed by atoms with E-state index in [1.165, 1.54) is 6.07 Å². The van der Waals surface area contributed by atoms with Crippen LogP contribution in [-0.2, 0) is 9.84 Å². The molecule has 0 amide bonds. The van der Waals surface area contributed by atoms with Crippen LogP contribution in [0, 0.1) is 5.82 Å². The SMILES string of the molecule is CCCCS(=O)(=O)c1ccc(F)cc1N. The Kier molecular flexibility index (Phi) is 3.68. The minimum absolute atomic E-state index is 0.0221. The van der Waals surface area contributed by atoms with Crippen molar-refractivity contribution >= 4 is 15.5 Å². The van der Waals surface area contributed by atoms with E-state index in [9.17, 15) is 12.8 Å². The first-order chi connectivity index (χ1) is 6.97. The van der Waals surface area contributed by atoms with E-state index in [-0.39, 0.29) is 16.3 Å². The second-order valence-corrected chi connectivity index (χ2v) is 5.43. The predicted molar refractivity (Wildman–Crippen MR) is 57.8 cm³/mol. The quantitative estimate of drug-likeness (QED) is 0.636. The van der Waals surface area contributed by atoms with Crippen molar-refractivity contribution < 1.29 is 12.8 Å². The molecular formula is C10H14FNO2S. The lowest BCUT2D eigenvalue weighted by Crippen LogP contribution is -2.09. The summed E-state index contributed by atoms with van der Waals surface area (Å²) in [5, 5.41) is 0. The maximum atomic E-state index is 12.7. The highest BCUT2D eigenvalue weighted by Gasteiger charge is 2.16. The zero-order valence-corrected chi connectivity index (χ0v) is 9.35. The second-order valence-electron chi connectivity index (χ2n) is 3.35. The van der Waals surface area contributed by atoms with Crippen LogP contribution in [0.15, 0.2) is 23.1 Å². The third kappa shape index (κ3) is 2.92. The van der Waals surface area contributed by atoms with Crippen molar-refractivity contribution in [3.63, 3.8) is 0 Å². The van der Waals surface area contributed by atoms with Gasteiger partial charge in [0.15, 0.2) is 9.84 Å². The first-order valence-electron chi connectivity index (χ1n) is 4.75. The van der Waals surface area contributed by atoms with E-state index in [2.05, 4.69) is 0 Å². The van der Waals surface area contributed by atoms with Crippen molar-refractivity contribution in [3.05, 3.63) is 24.0 Å². The standard InChI is InChI=1S/C10H14FNO2S/c1-2-3-6-15(13,14)10-5-4-8(11)7-9(10)12/h4-5,7H,2-3,6,12H2,1H3. The molecule has 0 heterocycles. The summed E-state index contributed by atoms with van der Waals surface area (Å²) in [7, 11) is -3.36. The van der Waals surface area contributed by atoms with Gasteiger partial charge in [0.2, 0.25) is 0 Å². The number of anilines is 1. The largest absolute Gasteiger partial charge is 0.398 e. The molecule has 0 bridgehead atoms. The summed E-state index contributed by atoms with van der Waals surface area (Å²) < 4.78 is 36.2. The van der Waals surface area contributed by atoms with Gasteiger partial charge in [-0.2, -0.15) is 0 Å². The molecule has 1 rings (SSSR count). The molecule has 0 fully saturated rings. The minimum atomic E-state index is -3.36. The number of nitrogen functional groups attached to an aromatic ring is 1. The van der Waals surface area contributed by atoms with E-state index in [1.54, 1.807) is 0 Å². The molecule has 15 heavy (non-hydrogen) atoms. The Labute approximate surface area is 89.0 Å². The van der Waals surface area contributed by atoms with Gasteiger partial charge in [-0.15, -0.1) is 0 Å². The smallest absolute Gasteiger partial charge is 0.180 e. The molecule has 0 aliphatic rings. The Morgan fingerprint density at radius 3 is 2.60 bits per heavy atom. The van der Waals surface area contributed by atoms with Crippen molar-refractivity contribution in [2.24, 2.45) is 0 Å². The summed E-state index contributed by atoms with van der Waals surface area (Å²) in [6.07, 6.45) is 1.37. The average molecular weight is 231 g/mol. The van der Waals surface area contributed by atoms with Crippen LogP contribution in [0.3, 0.4) is 0 Å².